The summed E-state index contributed by atoms with van der Waals surface area (Å²) in [7, 11) is 0. The fourth-order valence-electron chi connectivity index (χ4n) is 2.96. The summed E-state index contributed by atoms with van der Waals surface area (Å²) < 4.78 is 13.5. The van der Waals surface area contributed by atoms with E-state index in [2.05, 4.69) is 0 Å². The second kappa shape index (κ2) is 6.83. The molecule has 0 fully saturated rings. The Kier molecular flexibility index (Phi) is 5.05. The van der Waals surface area contributed by atoms with Crippen LogP contribution in [0.15, 0.2) is 36.4 Å². The molecule has 122 valence electrons. The summed E-state index contributed by atoms with van der Waals surface area (Å²) in [6.45, 7) is 1.06. The zero-order chi connectivity index (χ0) is 15.7. The lowest BCUT2D eigenvalue weighted by molar-refractivity contribution is -0.385. The molecule has 0 bridgehead atoms. The van der Waals surface area contributed by atoms with E-state index in [1.54, 1.807) is 0 Å². The second-order valence-corrected chi connectivity index (χ2v) is 5.40. The van der Waals surface area contributed by atoms with Crippen LogP contribution in [0.5, 0.6) is 0 Å². The fourth-order valence-corrected chi connectivity index (χ4v) is 2.96. The van der Waals surface area contributed by atoms with Gasteiger partial charge in [-0.05, 0) is 42.7 Å². The quantitative estimate of drug-likeness (QED) is 0.526. The number of fused-ring (bicyclic) bond motifs is 1. The van der Waals surface area contributed by atoms with E-state index in [0.29, 0.717) is 12.1 Å². The summed E-state index contributed by atoms with van der Waals surface area (Å²) in [6.07, 6.45) is 1.81. The van der Waals surface area contributed by atoms with Crippen molar-refractivity contribution in [3.63, 3.8) is 0 Å². The van der Waals surface area contributed by atoms with Crippen molar-refractivity contribution >= 4 is 29.5 Å². The maximum absolute atomic E-state index is 13.5. The van der Waals surface area contributed by atoms with Crippen LogP contribution in [0.2, 0.25) is 0 Å². The molecule has 2 aromatic carbocycles. The number of halogens is 2. The van der Waals surface area contributed by atoms with Crippen LogP contribution in [-0.2, 0) is 13.0 Å². The average Bonchev–Trinajstić information content (AvgIpc) is 2.48. The Balaban J connectivity index is 0.00000192. The van der Waals surface area contributed by atoms with E-state index < -0.39 is 10.7 Å². The molecule has 0 atom stereocenters. The lowest BCUT2D eigenvalue weighted by Gasteiger charge is -2.32. The summed E-state index contributed by atoms with van der Waals surface area (Å²) in [5.74, 6) is -0.467. The van der Waals surface area contributed by atoms with Crippen LogP contribution in [0.25, 0.3) is 0 Å². The summed E-state index contributed by atoms with van der Waals surface area (Å²) in [5, 5.41) is 11.1. The maximum Gasteiger partial charge on any atom is 0.274 e. The molecule has 23 heavy (non-hydrogen) atoms. The van der Waals surface area contributed by atoms with Gasteiger partial charge in [0.05, 0.1) is 10.5 Å². The molecular weight excluding hydrogens is 321 g/mol. The van der Waals surface area contributed by atoms with Crippen LogP contribution in [-0.4, -0.2) is 11.5 Å². The van der Waals surface area contributed by atoms with Crippen LogP contribution >= 0.6 is 12.4 Å². The summed E-state index contributed by atoms with van der Waals surface area (Å²) in [5.41, 5.74) is 9.09. The number of nitrogens with two attached hydrogens (primary N) is 1. The van der Waals surface area contributed by atoms with Gasteiger partial charge in [-0.15, -0.1) is 12.4 Å². The van der Waals surface area contributed by atoms with Crippen molar-refractivity contribution in [3.05, 3.63) is 63.5 Å². The van der Waals surface area contributed by atoms with E-state index in [4.69, 9.17) is 5.73 Å². The minimum absolute atomic E-state index is 0. The molecule has 2 aromatic rings. The van der Waals surface area contributed by atoms with Gasteiger partial charge < -0.3 is 10.6 Å². The van der Waals surface area contributed by atoms with Gasteiger partial charge in [-0.1, -0.05) is 6.07 Å². The van der Waals surface area contributed by atoms with Gasteiger partial charge in [0, 0.05) is 30.5 Å². The second-order valence-electron chi connectivity index (χ2n) is 5.40. The van der Waals surface area contributed by atoms with Gasteiger partial charge in [-0.25, -0.2) is 4.39 Å². The van der Waals surface area contributed by atoms with Crippen molar-refractivity contribution in [2.45, 2.75) is 19.4 Å². The molecule has 0 aliphatic carbocycles. The Bertz CT molecular complexity index is 739. The minimum Gasteiger partial charge on any atom is -0.398 e. The lowest BCUT2D eigenvalue weighted by atomic mass is 9.99. The van der Waals surface area contributed by atoms with Crippen molar-refractivity contribution < 1.29 is 9.31 Å². The third-order valence-corrected chi connectivity index (χ3v) is 3.98. The normalized spacial score (nSPS) is 13.2. The molecule has 0 saturated heterocycles. The van der Waals surface area contributed by atoms with Crippen molar-refractivity contribution in [3.8, 4) is 0 Å². The fraction of sp³-hybridized carbons (Fsp3) is 0.250. The third-order valence-electron chi connectivity index (χ3n) is 3.98. The maximum atomic E-state index is 13.5. The van der Waals surface area contributed by atoms with Crippen LogP contribution < -0.4 is 10.6 Å². The predicted octanol–water partition coefficient (Wildman–Crippen LogP) is 3.69. The van der Waals surface area contributed by atoms with Crippen LogP contribution in [0.1, 0.15) is 17.5 Å². The molecule has 2 N–H and O–H groups in total. The molecule has 0 radical (unpaired) electrons. The number of nitrogen functional groups attached to an aromatic ring is 1. The van der Waals surface area contributed by atoms with Crippen molar-refractivity contribution in [1.29, 1.82) is 0 Å². The molecule has 0 amide bonds. The highest BCUT2D eigenvalue weighted by molar-refractivity contribution is 5.85. The molecule has 5 nitrogen and oxygen atoms in total. The highest BCUT2D eigenvalue weighted by atomic mass is 35.5. The molecule has 0 aromatic heterocycles. The van der Waals surface area contributed by atoms with Gasteiger partial charge in [-0.2, -0.15) is 0 Å². The van der Waals surface area contributed by atoms with E-state index >= 15 is 0 Å². The number of anilines is 2. The first-order valence-corrected chi connectivity index (χ1v) is 7.11. The zero-order valence-corrected chi connectivity index (χ0v) is 13.2. The summed E-state index contributed by atoms with van der Waals surface area (Å²) >= 11 is 0. The van der Waals surface area contributed by atoms with Crippen LogP contribution in [0.3, 0.4) is 0 Å². The molecule has 7 heteroatoms. The standard InChI is InChI=1S/C16H16FN3O2.ClH/c17-12-6-7-15(20(21)22)11(9-12)10-19-8-2-3-13-14(18)4-1-5-16(13)19;/h1,4-7,9H,2-3,8,10,18H2;1H. The largest absolute Gasteiger partial charge is 0.398 e. The number of nitro benzene ring substituents is 1. The van der Waals surface area contributed by atoms with E-state index in [9.17, 15) is 14.5 Å². The zero-order valence-electron chi connectivity index (χ0n) is 12.4. The molecule has 0 saturated carbocycles. The van der Waals surface area contributed by atoms with Crippen molar-refractivity contribution in [1.82, 2.24) is 0 Å². The van der Waals surface area contributed by atoms with E-state index in [-0.39, 0.29) is 18.1 Å². The third kappa shape index (κ3) is 3.37. The van der Waals surface area contributed by atoms with Gasteiger partial charge in [-0.3, -0.25) is 10.1 Å². The molecule has 0 spiro atoms. The lowest BCUT2D eigenvalue weighted by Crippen LogP contribution is -2.29. The Hall–Kier alpha value is -2.34. The molecule has 0 unspecified atom stereocenters. The van der Waals surface area contributed by atoms with Gasteiger partial charge in [0.25, 0.3) is 5.69 Å². The van der Waals surface area contributed by atoms with E-state index in [1.807, 2.05) is 23.1 Å². The van der Waals surface area contributed by atoms with Crippen LogP contribution in [0.4, 0.5) is 21.5 Å². The monoisotopic (exact) mass is 337 g/mol. The number of nitro groups is 1. The van der Waals surface area contributed by atoms with Crippen molar-refractivity contribution in [2.75, 3.05) is 17.2 Å². The highest BCUT2D eigenvalue weighted by Gasteiger charge is 2.22. The van der Waals surface area contributed by atoms with Crippen molar-refractivity contribution in [2.24, 2.45) is 0 Å². The molecule has 3 rings (SSSR count). The average molecular weight is 338 g/mol. The summed E-state index contributed by atoms with van der Waals surface area (Å²) in [4.78, 5) is 12.7. The van der Waals surface area contributed by atoms with Gasteiger partial charge in [0.15, 0.2) is 0 Å². The molecule has 1 aliphatic heterocycles. The minimum atomic E-state index is -0.473. The molecular formula is C16H17ClFN3O2. The number of nitrogens with zero attached hydrogens (tertiary/aromatic N) is 2. The van der Waals surface area contributed by atoms with E-state index in [1.165, 1.54) is 12.1 Å². The molecule has 1 heterocycles. The first-order chi connectivity index (χ1) is 10.6. The highest BCUT2D eigenvalue weighted by Crippen LogP contribution is 2.33. The number of hydrogen-bond acceptors (Lipinski definition) is 4. The van der Waals surface area contributed by atoms with Gasteiger partial charge in [0.1, 0.15) is 5.82 Å². The smallest absolute Gasteiger partial charge is 0.274 e. The Morgan fingerprint density at radius 2 is 2.09 bits per heavy atom. The Morgan fingerprint density at radius 3 is 2.83 bits per heavy atom. The topological polar surface area (TPSA) is 72.4 Å². The number of rotatable bonds is 3. The first kappa shape index (κ1) is 17.0. The first-order valence-electron chi connectivity index (χ1n) is 7.11. The Morgan fingerprint density at radius 1 is 1.30 bits per heavy atom. The molecule has 1 aliphatic rings. The predicted molar refractivity (Wildman–Crippen MR) is 90.5 cm³/mol. The number of benzene rings is 2. The van der Waals surface area contributed by atoms with Crippen LogP contribution in [0, 0.1) is 15.9 Å². The SMILES string of the molecule is Cl.Nc1cccc2c1CCCN2Cc1cc(F)ccc1[N+](=O)[O-]. The van der Waals surface area contributed by atoms with Gasteiger partial charge in [0.2, 0.25) is 0 Å². The van der Waals surface area contributed by atoms with E-state index in [0.717, 1.165) is 42.4 Å². The number of hydrogen-bond donors (Lipinski definition) is 1. The van der Waals surface area contributed by atoms with Gasteiger partial charge >= 0.3 is 0 Å². The summed E-state index contributed by atoms with van der Waals surface area (Å²) in [6, 6.07) is 9.24. The Labute approximate surface area is 139 Å².